The van der Waals surface area contributed by atoms with E-state index >= 15 is 0 Å². The second-order valence-electron chi connectivity index (χ2n) is 6.07. The van der Waals surface area contributed by atoms with Crippen LogP contribution in [0.5, 0.6) is 0 Å². The Labute approximate surface area is 138 Å². The number of ketones is 1. The smallest absolute Gasteiger partial charge is 0.155 e. The van der Waals surface area contributed by atoms with Crippen molar-refractivity contribution in [2.24, 2.45) is 0 Å². The van der Waals surface area contributed by atoms with E-state index in [2.05, 4.69) is 54.6 Å². The fraction of sp³-hybridized carbons (Fsp3) is 0.227. The van der Waals surface area contributed by atoms with E-state index in [1.807, 2.05) is 18.2 Å². The SMILES string of the molecule is O=C1C=C(CC/C(=C\c2ccccc2)c2ccccc2)CCC1. The summed E-state index contributed by atoms with van der Waals surface area (Å²) in [4.78, 5) is 11.6. The van der Waals surface area contributed by atoms with Crippen LogP contribution < -0.4 is 0 Å². The van der Waals surface area contributed by atoms with Crippen molar-refractivity contribution < 1.29 is 4.79 Å². The van der Waals surface area contributed by atoms with E-state index in [4.69, 9.17) is 0 Å². The van der Waals surface area contributed by atoms with E-state index in [1.54, 1.807) is 0 Å². The Morgan fingerprint density at radius 2 is 1.61 bits per heavy atom. The van der Waals surface area contributed by atoms with Gasteiger partial charge in [-0.25, -0.2) is 0 Å². The maximum atomic E-state index is 11.6. The van der Waals surface area contributed by atoms with Gasteiger partial charge in [0, 0.05) is 6.42 Å². The van der Waals surface area contributed by atoms with Gasteiger partial charge in [0.15, 0.2) is 5.78 Å². The van der Waals surface area contributed by atoms with Crippen molar-refractivity contribution in [2.45, 2.75) is 32.1 Å². The van der Waals surface area contributed by atoms with Crippen molar-refractivity contribution in [1.82, 2.24) is 0 Å². The molecule has 3 rings (SSSR count). The molecule has 1 nitrogen and oxygen atoms in total. The highest BCUT2D eigenvalue weighted by atomic mass is 16.1. The summed E-state index contributed by atoms with van der Waals surface area (Å²) in [6.07, 6.45) is 8.87. The monoisotopic (exact) mass is 302 g/mol. The Morgan fingerprint density at radius 3 is 2.30 bits per heavy atom. The second kappa shape index (κ2) is 7.73. The molecule has 116 valence electrons. The van der Waals surface area contributed by atoms with Crippen LogP contribution in [0.25, 0.3) is 11.6 Å². The van der Waals surface area contributed by atoms with Gasteiger partial charge in [-0.15, -0.1) is 0 Å². The number of benzene rings is 2. The highest BCUT2D eigenvalue weighted by Gasteiger charge is 2.11. The summed E-state index contributed by atoms with van der Waals surface area (Å²) in [6.45, 7) is 0. The van der Waals surface area contributed by atoms with Crippen molar-refractivity contribution in [1.29, 1.82) is 0 Å². The molecule has 1 aliphatic carbocycles. The molecule has 0 bridgehead atoms. The van der Waals surface area contributed by atoms with Crippen LogP contribution >= 0.6 is 0 Å². The average Bonchev–Trinajstić information content (AvgIpc) is 2.60. The normalized spacial score (nSPS) is 15.4. The molecule has 0 radical (unpaired) electrons. The number of hydrogen-bond donors (Lipinski definition) is 0. The molecule has 0 fully saturated rings. The predicted molar refractivity (Wildman–Crippen MR) is 96.9 cm³/mol. The molecule has 2 aromatic carbocycles. The fourth-order valence-electron chi connectivity index (χ4n) is 3.06. The first kappa shape index (κ1) is 15.5. The van der Waals surface area contributed by atoms with Crippen LogP contribution in [0.2, 0.25) is 0 Å². The summed E-state index contributed by atoms with van der Waals surface area (Å²) in [6, 6.07) is 21.0. The van der Waals surface area contributed by atoms with Gasteiger partial charge in [0.05, 0.1) is 0 Å². The Kier molecular flexibility index (Phi) is 5.21. The van der Waals surface area contributed by atoms with Crippen molar-refractivity contribution >= 4 is 17.4 Å². The van der Waals surface area contributed by atoms with Gasteiger partial charge in [-0.1, -0.05) is 72.3 Å². The van der Waals surface area contributed by atoms with E-state index in [-0.39, 0.29) is 0 Å². The van der Waals surface area contributed by atoms with Crippen LogP contribution in [0.4, 0.5) is 0 Å². The summed E-state index contributed by atoms with van der Waals surface area (Å²) >= 11 is 0. The Bertz CT molecular complexity index is 708. The van der Waals surface area contributed by atoms with E-state index in [9.17, 15) is 4.79 Å². The molecule has 0 saturated heterocycles. The molecule has 0 amide bonds. The van der Waals surface area contributed by atoms with Crippen molar-refractivity contribution in [3.05, 3.63) is 83.4 Å². The van der Waals surface area contributed by atoms with Crippen LogP contribution in [-0.2, 0) is 4.79 Å². The minimum absolute atomic E-state index is 0.291. The standard InChI is InChI=1S/C22H22O/c23-22-13-7-10-19(17-22)14-15-21(20-11-5-2-6-12-20)16-18-8-3-1-4-9-18/h1-6,8-9,11-12,16-17H,7,10,13-15H2/b21-16+. The molecule has 0 heterocycles. The van der Waals surface area contributed by atoms with E-state index in [0.29, 0.717) is 5.78 Å². The summed E-state index contributed by atoms with van der Waals surface area (Å²) in [5.41, 5.74) is 5.12. The van der Waals surface area contributed by atoms with Gasteiger partial charge < -0.3 is 0 Å². The fourth-order valence-corrected chi connectivity index (χ4v) is 3.06. The van der Waals surface area contributed by atoms with Crippen LogP contribution in [0, 0.1) is 0 Å². The molecule has 1 heteroatoms. The zero-order valence-corrected chi connectivity index (χ0v) is 13.4. The van der Waals surface area contributed by atoms with Crippen LogP contribution in [-0.4, -0.2) is 5.78 Å². The maximum absolute atomic E-state index is 11.6. The molecule has 1 aliphatic rings. The van der Waals surface area contributed by atoms with Crippen molar-refractivity contribution in [2.75, 3.05) is 0 Å². The average molecular weight is 302 g/mol. The van der Waals surface area contributed by atoms with Crippen LogP contribution in [0.1, 0.15) is 43.2 Å². The summed E-state index contributed by atoms with van der Waals surface area (Å²) < 4.78 is 0. The summed E-state index contributed by atoms with van der Waals surface area (Å²) in [5, 5.41) is 0. The number of hydrogen-bond acceptors (Lipinski definition) is 1. The van der Waals surface area contributed by atoms with E-state index in [1.165, 1.54) is 22.3 Å². The number of carbonyl (C=O) groups is 1. The van der Waals surface area contributed by atoms with E-state index < -0.39 is 0 Å². The van der Waals surface area contributed by atoms with Gasteiger partial charge in [0.1, 0.15) is 0 Å². The first-order chi connectivity index (χ1) is 11.3. The lowest BCUT2D eigenvalue weighted by Gasteiger charge is -2.14. The maximum Gasteiger partial charge on any atom is 0.155 e. The molecule has 0 spiro atoms. The number of allylic oxidation sites excluding steroid dienone is 3. The highest BCUT2D eigenvalue weighted by Crippen LogP contribution is 2.27. The first-order valence-electron chi connectivity index (χ1n) is 8.34. The zero-order valence-electron chi connectivity index (χ0n) is 13.4. The lowest BCUT2D eigenvalue weighted by atomic mass is 9.91. The molecule has 2 aromatic rings. The molecule has 0 unspecified atom stereocenters. The quantitative estimate of drug-likeness (QED) is 0.649. The van der Waals surface area contributed by atoms with Crippen LogP contribution in [0.15, 0.2) is 72.3 Å². The molecule has 0 aliphatic heterocycles. The molecule has 0 aromatic heterocycles. The molecular formula is C22H22O. The Balaban J connectivity index is 1.81. The van der Waals surface area contributed by atoms with Gasteiger partial charge >= 0.3 is 0 Å². The second-order valence-corrected chi connectivity index (χ2v) is 6.07. The minimum Gasteiger partial charge on any atom is -0.295 e. The summed E-state index contributed by atoms with van der Waals surface area (Å²) in [7, 11) is 0. The van der Waals surface area contributed by atoms with Gasteiger partial charge in [-0.3, -0.25) is 4.79 Å². The molecule has 0 saturated carbocycles. The third kappa shape index (κ3) is 4.53. The van der Waals surface area contributed by atoms with Gasteiger partial charge in [-0.2, -0.15) is 0 Å². The van der Waals surface area contributed by atoms with Gasteiger partial charge in [0.2, 0.25) is 0 Å². The molecular weight excluding hydrogens is 280 g/mol. The topological polar surface area (TPSA) is 17.1 Å². The Morgan fingerprint density at radius 1 is 0.913 bits per heavy atom. The van der Waals surface area contributed by atoms with Crippen LogP contribution in [0.3, 0.4) is 0 Å². The largest absolute Gasteiger partial charge is 0.295 e. The molecule has 0 N–H and O–H groups in total. The van der Waals surface area contributed by atoms with Gasteiger partial charge in [0.25, 0.3) is 0 Å². The first-order valence-corrected chi connectivity index (χ1v) is 8.34. The molecule has 0 atom stereocenters. The zero-order chi connectivity index (χ0) is 15.9. The third-order valence-electron chi connectivity index (χ3n) is 4.29. The third-order valence-corrected chi connectivity index (χ3v) is 4.29. The van der Waals surface area contributed by atoms with Crippen molar-refractivity contribution in [3.8, 4) is 0 Å². The number of carbonyl (C=O) groups excluding carboxylic acids is 1. The van der Waals surface area contributed by atoms with Gasteiger partial charge in [-0.05, 0) is 48.5 Å². The van der Waals surface area contributed by atoms with E-state index in [0.717, 1.165) is 32.1 Å². The lowest BCUT2D eigenvalue weighted by molar-refractivity contribution is -0.115. The van der Waals surface area contributed by atoms with Crippen molar-refractivity contribution in [3.63, 3.8) is 0 Å². The number of rotatable bonds is 5. The minimum atomic E-state index is 0.291. The molecule has 23 heavy (non-hydrogen) atoms. The lowest BCUT2D eigenvalue weighted by Crippen LogP contribution is -2.02. The predicted octanol–water partition coefficient (Wildman–Crippen LogP) is 5.69. The summed E-state index contributed by atoms with van der Waals surface area (Å²) in [5.74, 6) is 0.291. The highest BCUT2D eigenvalue weighted by molar-refractivity contribution is 5.91. The Hall–Kier alpha value is -2.41.